The van der Waals surface area contributed by atoms with Gasteiger partial charge in [0.05, 0.1) is 0 Å². The zero-order chi connectivity index (χ0) is 19.9. The molecule has 0 aromatic carbocycles. The fraction of sp³-hybridized carbons (Fsp3) is 0.900. The average Bonchev–Trinajstić information content (AvgIpc) is 2.75. The van der Waals surface area contributed by atoms with Gasteiger partial charge in [-0.15, -0.1) is 0 Å². The normalized spacial score (nSPS) is 17.7. The molecule has 0 N–H and O–H groups in total. The van der Waals surface area contributed by atoms with E-state index in [-0.39, 0.29) is 0 Å². The monoisotopic (exact) mass is 496 g/mol. The highest BCUT2D eigenvalue weighted by Gasteiger charge is 2.14. The molecule has 0 unspecified atom stereocenters. The lowest BCUT2D eigenvalue weighted by Crippen LogP contribution is -2.32. The third-order valence-electron chi connectivity index (χ3n) is 5.19. The van der Waals surface area contributed by atoms with E-state index in [0.717, 1.165) is 8.64 Å². The summed E-state index contributed by atoms with van der Waals surface area (Å²) in [5.41, 5.74) is 0. The Morgan fingerprint density at radius 1 is 0.536 bits per heavy atom. The zero-order valence-corrected chi connectivity index (χ0v) is 22.0. The van der Waals surface area contributed by atoms with Gasteiger partial charge in [0.1, 0.15) is 8.64 Å². The van der Waals surface area contributed by atoms with Gasteiger partial charge in [-0.2, -0.15) is 0 Å². The van der Waals surface area contributed by atoms with Crippen LogP contribution >= 0.6 is 67.6 Å². The molecular formula is C20H36N2S6. The Labute approximate surface area is 199 Å². The maximum absolute atomic E-state index is 5.55. The number of hydrogen-bond donors (Lipinski definition) is 0. The van der Waals surface area contributed by atoms with Gasteiger partial charge in [0.15, 0.2) is 0 Å². The molecule has 0 aromatic rings. The minimum Gasteiger partial charge on any atom is -0.357 e. The van der Waals surface area contributed by atoms with Crippen molar-refractivity contribution in [3.05, 3.63) is 0 Å². The first-order chi connectivity index (χ1) is 13.8. The first-order valence-electron chi connectivity index (χ1n) is 10.9. The molecule has 8 heteroatoms. The van der Waals surface area contributed by atoms with Crippen molar-refractivity contribution in [3.8, 4) is 0 Å². The summed E-state index contributed by atoms with van der Waals surface area (Å²) < 4.78 is 2.22. The van der Waals surface area contributed by atoms with Gasteiger partial charge in [-0.3, -0.25) is 0 Å². The molecule has 2 rings (SSSR count). The van der Waals surface area contributed by atoms with E-state index in [9.17, 15) is 0 Å². The lowest BCUT2D eigenvalue weighted by molar-refractivity contribution is 0.352. The van der Waals surface area contributed by atoms with Gasteiger partial charge in [-0.1, -0.05) is 71.7 Å². The van der Waals surface area contributed by atoms with Crippen LogP contribution in [0.2, 0.25) is 0 Å². The summed E-state index contributed by atoms with van der Waals surface area (Å²) in [7, 11) is 7.57. The minimum atomic E-state index is 1.11. The van der Waals surface area contributed by atoms with E-state index >= 15 is 0 Å². The Morgan fingerprint density at radius 3 is 1.29 bits per heavy atom. The standard InChI is InChI=1S/C20H36N2S6/c23-19(21-13-7-5-8-14-21)27-25-17-11-3-1-2-4-12-18-26-28-20(24)22-15-9-6-10-16-22/h1-18H2. The largest absolute Gasteiger partial charge is 0.357 e. The van der Waals surface area contributed by atoms with Crippen molar-refractivity contribution >= 4 is 76.3 Å². The molecule has 2 heterocycles. The summed E-state index contributed by atoms with van der Waals surface area (Å²) in [4.78, 5) is 4.79. The molecule has 0 aliphatic carbocycles. The number of thiocarbonyl (C=S) groups is 2. The van der Waals surface area contributed by atoms with Crippen LogP contribution in [0, 0.1) is 0 Å². The molecule has 0 aromatic heterocycles. The number of unbranched alkanes of at least 4 members (excludes halogenated alkanes) is 5. The highest BCUT2D eigenvalue weighted by Crippen LogP contribution is 2.29. The maximum atomic E-state index is 5.55. The molecule has 2 nitrogen and oxygen atoms in total. The Bertz CT molecular complexity index is 396. The molecule has 2 aliphatic heterocycles. The predicted octanol–water partition coefficient (Wildman–Crippen LogP) is 7.63. The quantitative estimate of drug-likeness (QED) is 0.161. The molecule has 2 saturated heterocycles. The van der Waals surface area contributed by atoms with Gasteiger partial charge >= 0.3 is 0 Å². The van der Waals surface area contributed by atoms with Gasteiger partial charge in [0, 0.05) is 37.7 Å². The summed E-state index contributed by atoms with van der Waals surface area (Å²) in [5, 5.41) is 0. The molecule has 0 radical (unpaired) electrons. The lowest BCUT2D eigenvalue weighted by Gasteiger charge is -2.28. The topological polar surface area (TPSA) is 6.48 Å². The number of piperidine rings is 2. The van der Waals surface area contributed by atoms with Crippen molar-refractivity contribution in [2.24, 2.45) is 0 Å². The SMILES string of the molecule is S=C(SSCCCCCCCCSSC(=S)N1CCCCC1)N1CCCCC1. The Balaban J connectivity index is 1.30. The minimum absolute atomic E-state index is 1.11. The van der Waals surface area contributed by atoms with Crippen LogP contribution < -0.4 is 0 Å². The second-order valence-corrected chi connectivity index (χ2v) is 13.7. The fourth-order valence-corrected chi connectivity index (χ4v) is 8.74. The van der Waals surface area contributed by atoms with Crippen LogP contribution in [0.1, 0.15) is 77.0 Å². The van der Waals surface area contributed by atoms with E-state index in [2.05, 4.69) is 9.80 Å². The van der Waals surface area contributed by atoms with Crippen molar-refractivity contribution in [1.82, 2.24) is 9.80 Å². The fourth-order valence-electron chi connectivity index (χ4n) is 3.47. The average molecular weight is 497 g/mol. The highest BCUT2D eigenvalue weighted by atomic mass is 33.1. The second kappa shape index (κ2) is 16.8. The molecule has 2 fully saturated rings. The van der Waals surface area contributed by atoms with Crippen molar-refractivity contribution in [2.45, 2.75) is 77.0 Å². The third-order valence-corrected chi connectivity index (χ3v) is 11.4. The number of nitrogens with zero attached hydrogens (tertiary/aromatic N) is 2. The summed E-state index contributed by atoms with van der Waals surface area (Å²) in [6, 6.07) is 0. The molecule has 162 valence electrons. The van der Waals surface area contributed by atoms with Crippen molar-refractivity contribution in [1.29, 1.82) is 0 Å². The van der Waals surface area contributed by atoms with Crippen molar-refractivity contribution in [2.75, 3.05) is 37.7 Å². The van der Waals surface area contributed by atoms with Crippen LogP contribution in [0.15, 0.2) is 0 Å². The van der Waals surface area contributed by atoms with E-state index in [1.165, 1.54) is 115 Å². The van der Waals surface area contributed by atoms with E-state index in [4.69, 9.17) is 24.4 Å². The molecule has 28 heavy (non-hydrogen) atoms. The molecule has 0 atom stereocenters. The molecular weight excluding hydrogens is 461 g/mol. The second-order valence-electron chi connectivity index (χ2n) is 7.56. The van der Waals surface area contributed by atoms with Crippen molar-refractivity contribution < 1.29 is 0 Å². The van der Waals surface area contributed by atoms with Crippen LogP contribution in [-0.2, 0) is 0 Å². The van der Waals surface area contributed by atoms with Gasteiger partial charge in [-0.25, -0.2) is 0 Å². The van der Waals surface area contributed by atoms with Gasteiger partial charge < -0.3 is 9.80 Å². The van der Waals surface area contributed by atoms with Crippen LogP contribution in [0.25, 0.3) is 0 Å². The lowest BCUT2D eigenvalue weighted by atomic mass is 10.1. The zero-order valence-electron chi connectivity index (χ0n) is 17.1. The molecule has 2 aliphatic rings. The molecule has 0 spiro atoms. The van der Waals surface area contributed by atoms with Crippen LogP contribution in [0.5, 0.6) is 0 Å². The highest BCUT2D eigenvalue weighted by molar-refractivity contribution is 8.84. The van der Waals surface area contributed by atoms with Crippen LogP contribution in [0.4, 0.5) is 0 Å². The molecule has 0 amide bonds. The first kappa shape index (κ1) is 25.4. The van der Waals surface area contributed by atoms with E-state index < -0.39 is 0 Å². The van der Waals surface area contributed by atoms with E-state index in [1.807, 2.05) is 43.2 Å². The first-order valence-corrected chi connectivity index (χ1v) is 16.4. The smallest absolute Gasteiger partial charge is 0.147 e. The number of hydrogen-bond acceptors (Lipinski definition) is 6. The Hall–Kier alpha value is 1.18. The third kappa shape index (κ3) is 11.5. The van der Waals surface area contributed by atoms with Crippen LogP contribution in [0.3, 0.4) is 0 Å². The van der Waals surface area contributed by atoms with Gasteiger partial charge in [0.25, 0.3) is 0 Å². The maximum Gasteiger partial charge on any atom is 0.147 e. The molecule has 0 bridgehead atoms. The summed E-state index contributed by atoms with van der Waals surface area (Å²) >= 11 is 11.1. The van der Waals surface area contributed by atoms with Crippen molar-refractivity contribution in [3.63, 3.8) is 0 Å². The van der Waals surface area contributed by atoms with Gasteiger partial charge in [0.2, 0.25) is 0 Å². The Morgan fingerprint density at radius 2 is 0.893 bits per heavy atom. The summed E-state index contributed by atoms with van der Waals surface area (Å²) in [6.45, 7) is 4.70. The van der Waals surface area contributed by atoms with Gasteiger partial charge in [-0.05, 0) is 73.0 Å². The number of likely N-dealkylation sites (tertiary alicyclic amines) is 2. The van der Waals surface area contributed by atoms with Crippen LogP contribution in [-0.4, -0.2) is 56.1 Å². The summed E-state index contributed by atoms with van der Waals surface area (Å²) in [6.07, 6.45) is 16.2. The number of rotatable bonds is 11. The van der Waals surface area contributed by atoms with E-state index in [1.54, 1.807) is 0 Å². The molecule has 0 saturated carbocycles. The predicted molar refractivity (Wildman–Crippen MR) is 144 cm³/mol. The Kier molecular flexibility index (Phi) is 15.3. The van der Waals surface area contributed by atoms with E-state index in [0.29, 0.717) is 0 Å². The summed E-state index contributed by atoms with van der Waals surface area (Å²) in [5.74, 6) is 2.47.